The molecule has 0 aliphatic heterocycles. The molecular weight excluding hydrogens is 220 g/mol. The van der Waals surface area contributed by atoms with Gasteiger partial charge in [0, 0.05) is 17.7 Å². The van der Waals surface area contributed by atoms with Gasteiger partial charge < -0.3 is 9.84 Å². The van der Waals surface area contributed by atoms with Gasteiger partial charge in [-0.25, -0.2) is 4.98 Å². The van der Waals surface area contributed by atoms with Crippen molar-refractivity contribution in [1.29, 1.82) is 0 Å². The Bertz CT molecular complexity index is 428. The van der Waals surface area contributed by atoms with Gasteiger partial charge in [-0.2, -0.15) is 4.98 Å². The van der Waals surface area contributed by atoms with E-state index in [9.17, 15) is 4.79 Å². The minimum atomic E-state index is -0.902. The van der Waals surface area contributed by atoms with E-state index >= 15 is 0 Å². The highest BCUT2D eigenvalue weighted by Crippen LogP contribution is 2.38. The first-order chi connectivity index (χ1) is 8.06. The Balaban J connectivity index is 2.26. The maximum absolute atomic E-state index is 10.7. The Morgan fingerprint density at radius 2 is 2.29 bits per heavy atom. The van der Waals surface area contributed by atoms with Crippen molar-refractivity contribution in [2.45, 2.75) is 45.1 Å². The lowest BCUT2D eigenvalue weighted by Gasteiger charge is -2.12. The summed E-state index contributed by atoms with van der Waals surface area (Å²) in [5, 5.41) is 8.81. The first kappa shape index (κ1) is 11.8. The molecule has 1 heterocycles. The smallest absolute Gasteiger partial charge is 0.308 e. The zero-order valence-electron chi connectivity index (χ0n) is 10.0. The fraction of sp³-hybridized carbons (Fsp3) is 0.583. The molecular formula is C12H16N2O3. The standard InChI is InChI=1S/C12H16N2O3/c1-7(2)17-12-9(5-10(15)16)6-13-11(14-12)8-3-4-8/h6-8H,3-5H2,1-2H3,(H,15,16). The summed E-state index contributed by atoms with van der Waals surface area (Å²) < 4.78 is 5.55. The van der Waals surface area contributed by atoms with Crippen molar-refractivity contribution in [3.05, 3.63) is 17.6 Å². The Kier molecular flexibility index (Phi) is 3.26. The number of ether oxygens (including phenoxy) is 1. The number of hydrogen-bond acceptors (Lipinski definition) is 4. The van der Waals surface area contributed by atoms with Crippen LogP contribution in [-0.2, 0) is 11.2 Å². The van der Waals surface area contributed by atoms with Crippen LogP contribution in [0.2, 0.25) is 0 Å². The highest BCUT2D eigenvalue weighted by Gasteiger charge is 2.27. The van der Waals surface area contributed by atoms with Crippen molar-refractivity contribution < 1.29 is 14.6 Å². The van der Waals surface area contributed by atoms with Crippen LogP contribution in [0, 0.1) is 0 Å². The van der Waals surface area contributed by atoms with Crippen LogP contribution < -0.4 is 4.74 Å². The maximum Gasteiger partial charge on any atom is 0.308 e. The van der Waals surface area contributed by atoms with Crippen LogP contribution in [-0.4, -0.2) is 27.1 Å². The zero-order chi connectivity index (χ0) is 12.4. The summed E-state index contributed by atoms with van der Waals surface area (Å²) in [6.45, 7) is 3.78. The van der Waals surface area contributed by atoms with Gasteiger partial charge in [-0.05, 0) is 26.7 Å². The highest BCUT2D eigenvalue weighted by molar-refractivity contribution is 5.70. The molecule has 92 valence electrons. The minimum Gasteiger partial charge on any atom is -0.481 e. The van der Waals surface area contributed by atoms with Crippen LogP contribution in [0.25, 0.3) is 0 Å². The summed E-state index contributed by atoms with van der Waals surface area (Å²) in [4.78, 5) is 19.3. The van der Waals surface area contributed by atoms with Crippen molar-refractivity contribution >= 4 is 5.97 Å². The molecule has 1 aliphatic rings. The van der Waals surface area contributed by atoms with Gasteiger partial charge in [0.25, 0.3) is 0 Å². The van der Waals surface area contributed by atoms with Gasteiger partial charge in [0.15, 0.2) is 0 Å². The average Bonchev–Trinajstić information content (AvgIpc) is 3.02. The molecule has 0 aromatic carbocycles. The number of aromatic nitrogens is 2. The van der Waals surface area contributed by atoms with E-state index in [1.54, 1.807) is 6.20 Å². The molecule has 5 nitrogen and oxygen atoms in total. The van der Waals surface area contributed by atoms with E-state index < -0.39 is 5.97 Å². The Morgan fingerprint density at radius 3 is 2.82 bits per heavy atom. The van der Waals surface area contributed by atoms with E-state index in [0.29, 0.717) is 17.4 Å². The third kappa shape index (κ3) is 3.15. The average molecular weight is 236 g/mol. The summed E-state index contributed by atoms with van der Waals surface area (Å²) in [7, 11) is 0. The number of rotatable bonds is 5. The van der Waals surface area contributed by atoms with E-state index in [2.05, 4.69) is 9.97 Å². The molecule has 2 rings (SSSR count). The number of carbonyl (C=O) groups is 1. The van der Waals surface area contributed by atoms with Crippen LogP contribution in [0.1, 0.15) is 44.0 Å². The fourth-order valence-corrected chi connectivity index (χ4v) is 1.55. The molecule has 1 aliphatic carbocycles. The minimum absolute atomic E-state index is 0.0236. The molecule has 0 radical (unpaired) electrons. The lowest BCUT2D eigenvalue weighted by molar-refractivity contribution is -0.136. The lowest BCUT2D eigenvalue weighted by atomic mass is 10.2. The van der Waals surface area contributed by atoms with Gasteiger partial charge in [-0.15, -0.1) is 0 Å². The molecule has 1 N–H and O–H groups in total. The first-order valence-electron chi connectivity index (χ1n) is 5.80. The van der Waals surface area contributed by atoms with Crippen molar-refractivity contribution in [1.82, 2.24) is 9.97 Å². The van der Waals surface area contributed by atoms with Gasteiger partial charge in [-0.3, -0.25) is 4.79 Å². The molecule has 0 spiro atoms. The largest absolute Gasteiger partial charge is 0.481 e. The zero-order valence-corrected chi connectivity index (χ0v) is 10.0. The second-order valence-corrected chi connectivity index (χ2v) is 4.57. The topological polar surface area (TPSA) is 72.3 Å². The van der Waals surface area contributed by atoms with Crippen LogP contribution in [0.3, 0.4) is 0 Å². The second-order valence-electron chi connectivity index (χ2n) is 4.57. The van der Waals surface area contributed by atoms with Crippen LogP contribution in [0.4, 0.5) is 0 Å². The van der Waals surface area contributed by atoms with Gasteiger partial charge in [-0.1, -0.05) is 0 Å². The molecule has 0 amide bonds. The molecule has 1 saturated carbocycles. The Labute approximate surface area is 99.9 Å². The number of nitrogens with zero attached hydrogens (tertiary/aromatic N) is 2. The van der Waals surface area contributed by atoms with E-state index in [0.717, 1.165) is 18.7 Å². The molecule has 1 aromatic rings. The third-order valence-electron chi connectivity index (χ3n) is 2.47. The fourth-order valence-electron chi connectivity index (χ4n) is 1.55. The van der Waals surface area contributed by atoms with Crippen molar-refractivity contribution in [2.75, 3.05) is 0 Å². The first-order valence-corrected chi connectivity index (χ1v) is 5.80. The summed E-state index contributed by atoms with van der Waals surface area (Å²) >= 11 is 0. The molecule has 17 heavy (non-hydrogen) atoms. The van der Waals surface area contributed by atoms with Crippen molar-refractivity contribution in [3.8, 4) is 5.88 Å². The van der Waals surface area contributed by atoms with E-state index in [1.807, 2.05) is 13.8 Å². The van der Waals surface area contributed by atoms with Gasteiger partial charge in [0.2, 0.25) is 5.88 Å². The predicted octanol–water partition coefficient (Wildman–Crippen LogP) is 1.77. The van der Waals surface area contributed by atoms with Crippen molar-refractivity contribution in [3.63, 3.8) is 0 Å². The monoisotopic (exact) mass is 236 g/mol. The molecule has 5 heteroatoms. The third-order valence-corrected chi connectivity index (χ3v) is 2.47. The number of aliphatic carboxylic acids is 1. The second kappa shape index (κ2) is 4.69. The molecule has 0 saturated heterocycles. The van der Waals surface area contributed by atoms with E-state index in [1.165, 1.54) is 0 Å². The van der Waals surface area contributed by atoms with Gasteiger partial charge in [0.05, 0.1) is 12.5 Å². The van der Waals surface area contributed by atoms with Gasteiger partial charge >= 0.3 is 5.97 Å². The number of carboxylic acid groups (broad SMARTS) is 1. The lowest BCUT2D eigenvalue weighted by Crippen LogP contribution is -2.12. The molecule has 0 unspecified atom stereocenters. The van der Waals surface area contributed by atoms with Crippen LogP contribution in [0.5, 0.6) is 5.88 Å². The van der Waals surface area contributed by atoms with Crippen LogP contribution in [0.15, 0.2) is 6.20 Å². The predicted molar refractivity (Wildman–Crippen MR) is 61.1 cm³/mol. The summed E-state index contributed by atoms with van der Waals surface area (Å²) in [6, 6.07) is 0. The molecule has 1 aromatic heterocycles. The molecule has 1 fully saturated rings. The van der Waals surface area contributed by atoms with E-state index in [-0.39, 0.29) is 12.5 Å². The summed E-state index contributed by atoms with van der Waals surface area (Å²) in [5.74, 6) is 0.721. The Morgan fingerprint density at radius 1 is 1.59 bits per heavy atom. The SMILES string of the molecule is CC(C)Oc1nc(C2CC2)ncc1CC(=O)O. The molecule has 0 atom stereocenters. The Hall–Kier alpha value is -1.65. The number of hydrogen-bond donors (Lipinski definition) is 1. The van der Waals surface area contributed by atoms with Crippen LogP contribution >= 0.6 is 0 Å². The highest BCUT2D eigenvalue weighted by atomic mass is 16.5. The number of carboxylic acids is 1. The normalized spacial score (nSPS) is 15.0. The molecule has 0 bridgehead atoms. The van der Waals surface area contributed by atoms with E-state index in [4.69, 9.17) is 9.84 Å². The van der Waals surface area contributed by atoms with Crippen molar-refractivity contribution in [2.24, 2.45) is 0 Å². The quantitative estimate of drug-likeness (QED) is 0.843. The maximum atomic E-state index is 10.7. The van der Waals surface area contributed by atoms with Gasteiger partial charge in [0.1, 0.15) is 5.82 Å². The summed E-state index contributed by atoms with van der Waals surface area (Å²) in [5.41, 5.74) is 0.538. The summed E-state index contributed by atoms with van der Waals surface area (Å²) in [6.07, 6.45) is 3.67.